The molecule has 0 bridgehead atoms. The van der Waals surface area contributed by atoms with Crippen molar-refractivity contribution in [2.24, 2.45) is 0 Å². The summed E-state index contributed by atoms with van der Waals surface area (Å²) >= 11 is 0. The van der Waals surface area contributed by atoms with Crippen LogP contribution in [0.5, 0.6) is 0 Å². The summed E-state index contributed by atoms with van der Waals surface area (Å²) in [6.45, 7) is -0.214. The van der Waals surface area contributed by atoms with Gasteiger partial charge in [0.05, 0.1) is 5.41 Å². The van der Waals surface area contributed by atoms with Crippen LogP contribution in [0.1, 0.15) is 63.4 Å². The van der Waals surface area contributed by atoms with E-state index in [0.29, 0.717) is 12.8 Å². The van der Waals surface area contributed by atoms with Crippen LogP contribution in [-0.4, -0.2) is 36.5 Å². The van der Waals surface area contributed by atoms with Gasteiger partial charge in [-0.3, -0.25) is 9.59 Å². The molecule has 5 heteroatoms. The topological polar surface area (TPSA) is 46.6 Å². The third kappa shape index (κ3) is 3.92. The summed E-state index contributed by atoms with van der Waals surface area (Å²) in [6.07, 6.45) is 8.81. The first-order valence-electron chi connectivity index (χ1n) is 9.72. The average Bonchev–Trinajstić information content (AvgIpc) is 3.17. The van der Waals surface area contributed by atoms with E-state index in [-0.39, 0.29) is 30.3 Å². The summed E-state index contributed by atoms with van der Waals surface area (Å²) in [7, 11) is 1.80. The molecule has 1 aromatic rings. The second-order valence-corrected chi connectivity index (χ2v) is 7.67. The maximum Gasteiger partial charge on any atom is 0.317 e. The van der Waals surface area contributed by atoms with Crippen LogP contribution in [0.4, 0.5) is 4.39 Å². The minimum absolute atomic E-state index is 0.141. The van der Waals surface area contributed by atoms with E-state index in [0.717, 1.165) is 44.1 Å². The van der Waals surface area contributed by atoms with E-state index in [9.17, 15) is 14.0 Å². The van der Waals surface area contributed by atoms with Crippen LogP contribution >= 0.6 is 0 Å². The Bertz CT molecular complexity index is 631. The number of hydrogen-bond acceptors (Lipinski definition) is 3. The fourth-order valence-corrected chi connectivity index (χ4v) is 4.40. The minimum Gasteiger partial charge on any atom is -0.455 e. The van der Waals surface area contributed by atoms with Crippen molar-refractivity contribution in [2.45, 2.75) is 69.2 Å². The van der Waals surface area contributed by atoms with E-state index in [1.807, 2.05) is 0 Å². The molecule has 1 aromatic carbocycles. The lowest BCUT2D eigenvalue weighted by Gasteiger charge is -2.32. The number of hydrogen-bond donors (Lipinski definition) is 0. The van der Waals surface area contributed by atoms with Crippen molar-refractivity contribution in [3.63, 3.8) is 0 Å². The van der Waals surface area contributed by atoms with Crippen molar-refractivity contribution >= 4 is 11.9 Å². The molecule has 2 aliphatic carbocycles. The van der Waals surface area contributed by atoms with Crippen LogP contribution in [-0.2, 0) is 19.7 Å². The highest BCUT2D eigenvalue weighted by molar-refractivity contribution is 5.86. The van der Waals surface area contributed by atoms with Gasteiger partial charge in [-0.1, -0.05) is 44.2 Å². The molecule has 0 radical (unpaired) electrons. The Balaban J connectivity index is 1.63. The monoisotopic (exact) mass is 361 g/mol. The van der Waals surface area contributed by atoms with Gasteiger partial charge in [-0.05, 0) is 43.4 Å². The van der Waals surface area contributed by atoms with Gasteiger partial charge >= 0.3 is 5.97 Å². The van der Waals surface area contributed by atoms with Crippen LogP contribution in [0.3, 0.4) is 0 Å². The van der Waals surface area contributed by atoms with Crippen molar-refractivity contribution in [3.8, 4) is 0 Å². The molecule has 2 fully saturated rings. The van der Waals surface area contributed by atoms with E-state index < -0.39 is 5.41 Å². The van der Waals surface area contributed by atoms with Crippen LogP contribution < -0.4 is 0 Å². The van der Waals surface area contributed by atoms with E-state index >= 15 is 0 Å². The number of carbonyl (C=O) groups excluding carboxylic acids is 2. The van der Waals surface area contributed by atoms with Gasteiger partial charge < -0.3 is 9.64 Å². The number of nitrogens with zero attached hydrogens (tertiary/aromatic N) is 1. The Morgan fingerprint density at radius 1 is 1.08 bits per heavy atom. The first-order chi connectivity index (χ1) is 12.5. The Kier molecular flexibility index (Phi) is 5.94. The van der Waals surface area contributed by atoms with E-state index in [2.05, 4.69) is 0 Å². The van der Waals surface area contributed by atoms with Crippen molar-refractivity contribution in [1.82, 2.24) is 4.90 Å². The third-order valence-electron chi connectivity index (χ3n) is 6.09. The molecule has 3 rings (SSSR count). The van der Waals surface area contributed by atoms with Gasteiger partial charge in [-0.15, -0.1) is 0 Å². The van der Waals surface area contributed by atoms with Gasteiger partial charge in [0.1, 0.15) is 5.82 Å². The second-order valence-electron chi connectivity index (χ2n) is 7.67. The molecule has 0 N–H and O–H groups in total. The molecule has 1 amide bonds. The molecule has 2 saturated carbocycles. The number of likely N-dealkylation sites (N-methyl/N-ethyl adjacent to an activating group) is 1. The molecular formula is C21H28FNO3. The van der Waals surface area contributed by atoms with Crippen LogP contribution in [0.2, 0.25) is 0 Å². The lowest BCUT2D eigenvalue weighted by atomic mass is 9.79. The summed E-state index contributed by atoms with van der Waals surface area (Å²) in [5, 5.41) is 0. The Morgan fingerprint density at radius 3 is 2.31 bits per heavy atom. The van der Waals surface area contributed by atoms with E-state index in [4.69, 9.17) is 4.74 Å². The number of halogens is 1. The lowest BCUT2D eigenvalue weighted by molar-refractivity contribution is -0.157. The van der Waals surface area contributed by atoms with Gasteiger partial charge in [0.25, 0.3) is 5.91 Å². The molecule has 4 nitrogen and oxygen atoms in total. The molecule has 142 valence electrons. The van der Waals surface area contributed by atoms with Crippen molar-refractivity contribution in [1.29, 1.82) is 0 Å². The molecule has 0 heterocycles. The summed E-state index contributed by atoms with van der Waals surface area (Å²) in [5.74, 6) is -0.816. The zero-order valence-electron chi connectivity index (χ0n) is 15.5. The Labute approximate surface area is 154 Å². The SMILES string of the molecule is CN(C(=O)COC(=O)C1(c2ccc(F)cc2)CCCC1)C1CCCCC1. The average molecular weight is 361 g/mol. The highest BCUT2D eigenvalue weighted by atomic mass is 19.1. The number of esters is 1. The first-order valence-corrected chi connectivity index (χ1v) is 9.72. The molecule has 0 aromatic heterocycles. The molecule has 2 aliphatic rings. The Hall–Kier alpha value is -1.91. The van der Waals surface area contributed by atoms with Crippen molar-refractivity contribution < 1.29 is 18.7 Å². The lowest BCUT2D eigenvalue weighted by Crippen LogP contribution is -2.42. The van der Waals surface area contributed by atoms with Gasteiger partial charge in [0.15, 0.2) is 6.61 Å². The number of carbonyl (C=O) groups is 2. The predicted molar refractivity (Wildman–Crippen MR) is 97.1 cm³/mol. The highest BCUT2D eigenvalue weighted by Crippen LogP contribution is 2.42. The summed E-state index contributed by atoms with van der Waals surface area (Å²) in [4.78, 5) is 27.1. The second kappa shape index (κ2) is 8.19. The molecule has 0 aliphatic heterocycles. The van der Waals surface area contributed by atoms with E-state index in [1.54, 1.807) is 24.1 Å². The smallest absolute Gasteiger partial charge is 0.317 e. The van der Waals surface area contributed by atoms with Crippen LogP contribution in [0.15, 0.2) is 24.3 Å². The maximum absolute atomic E-state index is 13.3. The zero-order valence-corrected chi connectivity index (χ0v) is 15.5. The fraction of sp³-hybridized carbons (Fsp3) is 0.619. The summed E-state index contributed by atoms with van der Waals surface area (Å²) in [6, 6.07) is 6.35. The van der Waals surface area contributed by atoms with Crippen molar-refractivity contribution in [2.75, 3.05) is 13.7 Å². The quantitative estimate of drug-likeness (QED) is 0.746. The van der Waals surface area contributed by atoms with Crippen LogP contribution in [0.25, 0.3) is 0 Å². The highest BCUT2D eigenvalue weighted by Gasteiger charge is 2.44. The van der Waals surface area contributed by atoms with E-state index in [1.165, 1.54) is 18.6 Å². The predicted octanol–water partition coefficient (Wildman–Crippen LogP) is 3.97. The fourth-order valence-electron chi connectivity index (χ4n) is 4.40. The molecule has 0 saturated heterocycles. The molecule has 0 spiro atoms. The first kappa shape index (κ1) is 18.9. The number of rotatable bonds is 5. The molecule has 26 heavy (non-hydrogen) atoms. The molecular weight excluding hydrogens is 333 g/mol. The number of benzene rings is 1. The third-order valence-corrected chi connectivity index (χ3v) is 6.09. The summed E-state index contributed by atoms with van der Waals surface area (Å²) in [5.41, 5.74) is 0.0479. The zero-order chi connectivity index (χ0) is 18.6. The number of ether oxygens (including phenoxy) is 1. The van der Waals surface area contributed by atoms with Crippen molar-refractivity contribution in [3.05, 3.63) is 35.6 Å². The normalized spacial score (nSPS) is 19.9. The summed E-state index contributed by atoms with van der Waals surface area (Å²) < 4.78 is 18.7. The Morgan fingerprint density at radius 2 is 1.69 bits per heavy atom. The largest absolute Gasteiger partial charge is 0.455 e. The number of amides is 1. The molecule has 0 unspecified atom stereocenters. The maximum atomic E-state index is 13.3. The van der Waals surface area contributed by atoms with Gasteiger partial charge in [0.2, 0.25) is 0 Å². The van der Waals surface area contributed by atoms with Gasteiger partial charge in [-0.2, -0.15) is 0 Å². The van der Waals surface area contributed by atoms with Gasteiger partial charge in [0, 0.05) is 13.1 Å². The standard InChI is InChI=1S/C21H28FNO3/c1-23(18-7-3-2-4-8-18)19(24)15-26-20(25)21(13-5-6-14-21)16-9-11-17(22)12-10-16/h9-12,18H,2-8,13-15H2,1H3. The minimum atomic E-state index is -0.739. The van der Waals surface area contributed by atoms with Gasteiger partial charge in [-0.25, -0.2) is 4.39 Å². The van der Waals surface area contributed by atoms with Crippen LogP contribution in [0, 0.1) is 5.82 Å². The molecule has 0 atom stereocenters.